The van der Waals surface area contributed by atoms with E-state index in [-0.39, 0.29) is 0 Å². The highest BCUT2D eigenvalue weighted by atomic mass is 35.5. The number of carbonyl (C=O) groups is 1. The number of halogens is 1. The van der Waals surface area contributed by atoms with Gasteiger partial charge in [0.2, 0.25) is 0 Å². The Morgan fingerprint density at radius 1 is 1.11 bits per heavy atom. The SMILES string of the molecule is O=C(NCc1ccccc1)[C@H](O)c1ccc(Cl)cc1. The molecule has 19 heavy (non-hydrogen) atoms. The second-order valence-electron chi connectivity index (χ2n) is 4.16. The first-order chi connectivity index (χ1) is 9.16. The molecule has 2 aromatic rings. The molecule has 0 aliphatic rings. The van der Waals surface area contributed by atoms with Crippen molar-refractivity contribution in [3.63, 3.8) is 0 Å². The second-order valence-corrected chi connectivity index (χ2v) is 4.59. The van der Waals surface area contributed by atoms with Crippen molar-refractivity contribution in [3.05, 3.63) is 70.7 Å². The first-order valence-electron chi connectivity index (χ1n) is 5.92. The van der Waals surface area contributed by atoms with Gasteiger partial charge in [-0.1, -0.05) is 54.1 Å². The molecule has 0 bridgehead atoms. The topological polar surface area (TPSA) is 49.3 Å². The normalized spacial score (nSPS) is 11.9. The minimum atomic E-state index is -1.18. The van der Waals surface area contributed by atoms with E-state index in [1.165, 1.54) is 0 Å². The zero-order valence-corrected chi connectivity index (χ0v) is 11.0. The van der Waals surface area contributed by atoms with Crippen LogP contribution in [0.2, 0.25) is 5.02 Å². The molecule has 1 amide bonds. The summed E-state index contributed by atoms with van der Waals surface area (Å²) in [7, 11) is 0. The zero-order valence-electron chi connectivity index (χ0n) is 10.2. The first-order valence-corrected chi connectivity index (χ1v) is 6.30. The number of nitrogens with one attached hydrogen (secondary N) is 1. The Kier molecular flexibility index (Phi) is 4.55. The fourth-order valence-corrected chi connectivity index (χ4v) is 1.80. The largest absolute Gasteiger partial charge is 0.378 e. The van der Waals surface area contributed by atoms with E-state index < -0.39 is 12.0 Å². The highest BCUT2D eigenvalue weighted by Gasteiger charge is 2.16. The predicted molar refractivity (Wildman–Crippen MR) is 74.7 cm³/mol. The lowest BCUT2D eigenvalue weighted by Crippen LogP contribution is -2.28. The van der Waals surface area contributed by atoms with Gasteiger partial charge in [0.15, 0.2) is 6.10 Å². The van der Waals surface area contributed by atoms with Crippen LogP contribution in [0.3, 0.4) is 0 Å². The molecule has 2 rings (SSSR count). The van der Waals surface area contributed by atoms with Crippen LogP contribution >= 0.6 is 11.6 Å². The molecular weight excluding hydrogens is 262 g/mol. The minimum absolute atomic E-state index is 0.393. The smallest absolute Gasteiger partial charge is 0.253 e. The Hall–Kier alpha value is -1.84. The van der Waals surface area contributed by atoms with Crippen LogP contribution < -0.4 is 5.32 Å². The highest BCUT2D eigenvalue weighted by molar-refractivity contribution is 6.30. The third-order valence-electron chi connectivity index (χ3n) is 2.74. The summed E-state index contributed by atoms with van der Waals surface area (Å²) in [5.74, 6) is -0.425. The summed E-state index contributed by atoms with van der Waals surface area (Å²) in [4.78, 5) is 11.8. The van der Waals surface area contributed by atoms with Crippen LogP contribution in [0.4, 0.5) is 0 Å². The summed E-state index contributed by atoms with van der Waals surface area (Å²) in [6.45, 7) is 0.393. The van der Waals surface area contributed by atoms with E-state index in [0.29, 0.717) is 17.1 Å². The van der Waals surface area contributed by atoms with Crippen molar-refractivity contribution in [2.75, 3.05) is 0 Å². The van der Waals surface area contributed by atoms with Gasteiger partial charge in [-0.25, -0.2) is 0 Å². The standard InChI is InChI=1S/C15H14ClNO2/c16-13-8-6-12(7-9-13)14(18)15(19)17-10-11-4-2-1-3-5-11/h1-9,14,18H,10H2,(H,17,19)/t14-/m1/s1. The van der Waals surface area contributed by atoms with E-state index in [2.05, 4.69) is 5.32 Å². The predicted octanol–water partition coefficient (Wildman–Crippen LogP) is 2.69. The van der Waals surface area contributed by atoms with E-state index in [1.54, 1.807) is 24.3 Å². The molecule has 0 radical (unpaired) electrons. The van der Waals surface area contributed by atoms with Crippen molar-refractivity contribution in [1.82, 2.24) is 5.32 Å². The second kappa shape index (κ2) is 6.36. The molecule has 0 aromatic heterocycles. The molecule has 0 unspecified atom stereocenters. The maximum atomic E-state index is 11.8. The van der Waals surface area contributed by atoms with E-state index in [0.717, 1.165) is 5.56 Å². The minimum Gasteiger partial charge on any atom is -0.378 e. The molecule has 0 spiro atoms. The first kappa shape index (κ1) is 13.6. The van der Waals surface area contributed by atoms with Crippen LogP contribution in [0.1, 0.15) is 17.2 Å². The zero-order chi connectivity index (χ0) is 13.7. The molecule has 0 aliphatic heterocycles. The summed E-state index contributed by atoms with van der Waals surface area (Å²) < 4.78 is 0. The van der Waals surface area contributed by atoms with Gasteiger partial charge in [-0.2, -0.15) is 0 Å². The molecule has 2 aromatic carbocycles. The van der Waals surface area contributed by atoms with Crippen LogP contribution in [0.5, 0.6) is 0 Å². The third-order valence-corrected chi connectivity index (χ3v) is 3.00. The summed E-state index contributed by atoms with van der Waals surface area (Å²) in [6.07, 6.45) is -1.18. The number of aliphatic hydroxyl groups is 1. The maximum absolute atomic E-state index is 11.8. The fraction of sp³-hybridized carbons (Fsp3) is 0.133. The van der Waals surface area contributed by atoms with Gasteiger partial charge < -0.3 is 10.4 Å². The van der Waals surface area contributed by atoms with Crippen LogP contribution in [-0.2, 0) is 11.3 Å². The van der Waals surface area contributed by atoms with Gasteiger partial charge in [0, 0.05) is 11.6 Å². The average molecular weight is 276 g/mol. The average Bonchev–Trinajstić information content (AvgIpc) is 2.46. The number of carbonyl (C=O) groups excluding carboxylic acids is 1. The van der Waals surface area contributed by atoms with Crippen molar-refractivity contribution in [2.45, 2.75) is 12.6 Å². The molecule has 2 N–H and O–H groups in total. The Morgan fingerprint density at radius 2 is 1.74 bits per heavy atom. The van der Waals surface area contributed by atoms with Gasteiger partial charge in [-0.15, -0.1) is 0 Å². The van der Waals surface area contributed by atoms with E-state index in [4.69, 9.17) is 11.6 Å². The number of amides is 1. The molecular formula is C15H14ClNO2. The van der Waals surface area contributed by atoms with Crippen molar-refractivity contribution >= 4 is 17.5 Å². The lowest BCUT2D eigenvalue weighted by molar-refractivity contribution is -0.129. The highest BCUT2D eigenvalue weighted by Crippen LogP contribution is 2.16. The molecule has 98 valence electrons. The summed E-state index contributed by atoms with van der Waals surface area (Å²) in [5, 5.41) is 13.2. The quantitative estimate of drug-likeness (QED) is 0.901. The van der Waals surface area contributed by atoms with E-state index in [1.807, 2.05) is 30.3 Å². The van der Waals surface area contributed by atoms with Gasteiger partial charge in [0.1, 0.15) is 0 Å². The monoisotopic (exact) mass is 275 g/mol. The molecule has 0 saturated heterocycles. The summed E-state index contributed by atoms with van der Waals surface area (Å²) >= 11 is 5.75. The van der Waals surface area contributed by atoms with E-state index in [9.17, 15) is 9.90 Å². The Balaban J connectivity index is 1.94. The number of aliphatic hydroxyl groups excluding tert-OH is 1. The van der Waals surface area contributed by atoms with Crippen LogP contribution in [-0.4, -0.2) is 11.0 Å². The van der Waals surface area contributed by atoms with Gasteiger partial charge >= 0.3 is 0 Å². The van der Waals surface area contributed by atoms with Crippen molar-refractivity contribution in [2.24, 2.45) is 0 Å². The molecule has 0 aliphatic carbocycles. The van der Waals surface area contributed by atoms with Crippen molar-refractivity contribution in [3.8, 4) is 0 Å². The van der Waals surface area contributed by atoms with E-state index >= 15 is 0 Å². The van der Waals surface area contributed by atoms with Gasteiger partial charge in [0.25, 0.3) is 5.91 Å². The fourth-order valence-electron chi connectivity index (χ4n) is 1.68. The number of rotatable bonds is 4. The molecule has 1 atom stereocenters. The molecule has 0 saturated carbocycles. The Morgan fingerprint density at radius 3 is 2.37 bits per heavy atom. The Labute approximate surface area is 116 Å². The Bertz CT molecular complexity index is 540. The lowest BCUT2D eigenvalue weighted by atomic mass is 10.1. The van der Waals surface area contributed by atoms with Gasteiger partial charge in [0.05, 0.1) is 0 Å². The number of hydrogen-bond donors (Lipinski definition) is 2. The third kappa shape index (κ3) is 3.81. The molecule has 0 heterocycles. The summed E-state index contributed by atoms with van der Waals surface area (Å²) in [5.41, 5.74) is 1.51. The van der Waals surface area contributed by atoms with Crippen LogP contribution in [0.25, 0.3) is 0 Å². The number of hydrogen-bond acceptors (Lipinski definition) is 2. The van der Waals surface area contributed by atoms with Crippen molar-refractivity contribution in [1.29, 1.82) is 0 Å². The molecule has 3 nitrogen and oxygen atoms in total. The van der Waals surface area contributed by atoms with Gasteiger partial charge in [-0.05, 0) is 23.3 Å². The van der Waals surface area contributed by atoms with Crippen LogP contribution in [0, 0.1) is 0 Å². The van der Waals surface area contributed by atoms with Crippen molar-refractivity contribution < 1.29 is 9.90 Å². The van der Waals surface area contributed by atoms with Crippen LogP contribution in [0.15, 0.2) is 54.6 Å². The lowest BCUT2D eigenvalue weighted by Gasteiger charge is -2.11. The summed E-state index contributed by atoms with van der Waals surface area (Å²) in [6, 6.07) is 16.1. The molecule has 4 heteroatoms. The molecule has 0 fully saturated rings. The van der Waals surface area contributed by atoms with Gasteiger partial charge in [-0.3, -0.25) is 4.79 Å². The number of benzene rings is 2. The maximum Gasteiger partial charge on any atom is 0.253 e.